The molecule has 18 heteroatoms. The number of alkyl halides is 3. The number of carbonyl (C=O) groups excluding carboxylic acids is 1. The monoisotopic (exact) mass is 973 g/mol. The van der Waals surface area contributed by atoms with Gasteiger partial charge in [0.05, 0.1) is 28.2 Å². The lowest BCUT2D eigenvalue weighted by molar-refractivity contribution is 0.0299. The van der Waals surface area contributed by atoms with Crippen molar-refractivity contribution in [3.63, 3.8) is 0 Å². The highest BCUT2D eigenvalue weighted by atomic mass is 35.5. The molecule has 342 valence electrons. The Morgan fingerprint density at radius 3 is 2.30 bits per heavy atom. The molecule has 2 bridgehead atoms. The van der Waals surface area contributed by atoms with Gasteiger partial charge in [-0.1, -0.05) is 47.5 Å². The van der Waals surface area contributed by atoms with E-state index < -0.39 is 46.3 Å². The SMILES string of the molecule is O=C(NS(=O)(=O)c1ccc(N[C@H](CCN2C[C@H]3C[C@H]2CO3)CSc2ccccc2)c(S(=O)(=O)C(F)(F)Cl)c1)c1ccc(N2CCN(CC3=C(c4ccc(Cl)cc4)CCCC3)CC2)cc1. The molecule has 1 amide bonds. The Hall–Kier alpha value is -3.74. The molecule has 3 fully saturated rings. The Balaban J connectivity index is 0.930. The van der Waals surface area contributed by atoms with Crippen molar-refractivity contribution >= 4 is 77.7 Å². The number of sulfone groups is 1. The molecule has 3 aliphatic heterocycles. The van der Waals surface area contributed by atoms with Crippen LogP contribution in [-0.2, 0) is 24.6 Å². The number of amides is 1. The maximum absolute atomic E-state index is 14.6. The molecule has 3 heterocycles. The van der Waals surface area contributed by atoms with E-state index in [9.17, 15) is 30.4 Å². The number of ether oxygens (including phenoxy) is 1. The van der Waals surface area contributed by atoms with Crippen LogP contribution < -0.4 is 14.9 Å². The number of nitrogens with one attached hydrogen (secondary N) is 2. The van der Waals surface area contributed by atoms with Crippen LogP contribution in [0.4, 0.5) is 20.2 Å². The van der Waals surface area contributed by atoms with Gasteiger partial charge in [-0.2, -0.15) is 8.78 Å². The summed E-state index contributed by atoms with van der Waals surface area (Å²) in [6.07, 6.45) is 6.13. The number of fused-ring (bicyclic) bond motifs is 2. The third kappa shape index (κ3) is 11.1. The van der Waals surface area contributed by atoms with Crippen molar-refractivity contribution in [1.82, 2.24) is 14.5 Å². The van der Waals surface area contributed by atoms with E-state index in [2.05, 4.69) is 32.1 Å². The van der Waals surface area contributed by atoms with Gasteiger partial charge in [-0.25, -0.2) is 21.6 Å². The summed E-state index contributed by atoms with van der Waals surface area (Å²) in [5.74, 6) is -0.531. The molecule has 64 heavy (non-hydrogen) atoms. The van der Waals surface area contributed by atoms with E-state index in [0.29, 0.717) is 31.4 Å². The fourth-order valence-corrected chi connectivity index (χ4v) is 12.4. The molecule has 4 aromatic rings. The van der Waals surface area contributed by atoms with Crippen molar-refractivity contribution in [1.29, 1.82) is 0 Å². The molecule has 11 nitrogen and oxygen atoms in total. The van der Waals surface area contributed by atoms with E-state index >= 15 is 0 Å². The number of sulfonamides is 1. The summed E-state index contributed by atoms with van der Waals surface area (Å²) in [5, 5.41) is 3.85. The first-order valence-corrected chi connectivity index (χ1v) is 26.2. The summed E-state index contributed by atoms with van der Waals surface area (Å²) in [6.45, 7) is 6.19. The van der Waals surface area contributed by atoms with Crippen molar-refractivity contribution in [3.8, 4) is 0 Å². The van der Waals surface area contributed by atoms with Crippen molar-refractivity contribution < 1.29 is 35.1 Å². The number of carbonyl (C=O) groups is 1. The van der Waals surface area contributed by atoms with Gasteiger partial charge in [0.25, 0.3) is 25.8 Å². The Morgan fingerprint density at radius 2 is 1.62 bits per heavy atom. The number of piperazine rings is 1. The molecule has 3 saturated heterocycles. The number of anilines is 2. The van der Waals surface area contributed by atoms with Gasteiger partial charge < -0.3 is 15.0 Å². The fraction of sp³-hybridized carbons (Fsp3) is 0.413. The fourth-order valence-electron chi connectivity index (χ4n) is 8.98. The first kappa shape index (κ1) is 46.8. The minimum atomic E-state index is -5.62. The van der Waals surface area contributed by atoms with Crippen LogP contribution in [0.2, 0.25) is 5.02 Å². The van der Waals surface area contributed by atoms with Crippen LogP contribution in [0.25, 0.3) is 5.57 Å². The Morgan fingerprint density at radius 1 is 0.906 bits per heavy atom. The zero-order chi connectivity index (χ0) is 45.1. The molecule has 1 aliphatic carbocycles. The molecule has 0 spiro atoms. The molecule has 0 unspecified atom stereocenters. The van der Waals surface area contributed by atoms with Crippen molar-refractivity contribution in [2.24, 2.45) is 0 Å². The molecule has 2 N–H and O–H groups in total. The number of nitrogens with zero attached hydrogens (tertiary/aromatic N) is 3. The summed E-state index contributed by atoms with van der Waals surface area (Å²) in [6, 6.07) is 26.8. The molecule has 8 rings (SSSR count). The highest BCUT2D eigenvalue weighted by Crippen LogP contribution is 2.39. The highest BCUT2D eigenvalue weighted by molar-refractivity contribution is 7.99. The van der Waals surface area contributed by atoms with Crippen molar-refractivity contribution in [2.45, 2.75) is 76.1 Å². The van der Waals surface area contributed by atoms with Gasteiger partial charge in [0.15, 0.2) is 0 Å². The second-order valence-electron chi connectivity index (χ2n) is 16.7. The first-order chi connectivity index (χ1) is 30.6. The molecule has 4 aromatic carbocycles. The maximum Gasteiger partial charge on any atom is 0.427 e. The van der Waals surface area contributed by atoms with Crippen LogP contribution in [0.15, 0.2) is 117 Å². The number of halogens is 4. The normalized spacial score (nSPS) is 20.4. The molecular weight excluding hydrogens is 924 g/mol. The number of likely N-dealkylation sites (tertiary alicyclic amines) is 1. The standard InChI is InChI=1S/C46H51Cl2F2N5O6S3/c47-35-14-10-32(11-15-35)42-9-5-4-6-34(42)28-53-22-24-54(25-23-53)37-16-12-33(13-17-37)45(56)52-64(59,60)41-18-19-43(44(27-41)63(57,58)46(48,49)50)51-36(31-62-40-7-2-1-3-8-40)20-21-55-29-39-26-38(55)30-61-39/h1-3,7-8,10-19,27,36,38-39,51H,4-6,9,20-26,28-31H2,(H,52,56)/t36-,38+,39-/m1/s1. The molecule has 4 aliphatic rings. The van der Waals surface area contributed by atoms with Gasteiger partial charge in [-0.05, 0) is 128 Å². The number of hydrogen-bond acceptors (Lipinski definition) is 11. The average Bonchev–Trinajstić information content (AvgIpc) is 3.92. The van der Waals surface area contributed by atoms with E-state index in [1.54, 1.807) is 12.1 Å². The van der Waals surface area contributed by atoms with Gasteiger partial charge in [-0.15, -0.1) is 11.8 Å². The largest absolute Gasteiger partial charge is 0.427 e. The Labute approximate surface area is 388 Å². The smallest absolute Gasteiger partial charge is 0.380 e. The average molecular weight is 975 g/mol. The lowest BCUT2D eigenvalue weighted by Crippen LogP contribution is -2.47. The van der Waals surface area contributed by atoms with Crippen LogP contribution in [0.3, 0.4) is 0 Å². The van der Waals surface area contributed by atoms with E-state index in [0.717, 1.165) is 86.3 Å². The molecule has 0 aromatic heterocycles. The van der Waals surface area contributed by atoms with E-state index in [4.69, 9.17) is 27.9 Å². The first-order valence-electron chi connectivity index (χ1n) is 21.5. The summed E-state index contributed by atoms with van der Waals surface area (Å²) < 4.78 is 86.1. The van der Waals surface area contributed by atoms with Crippen LogP contribution in [0.5, 0.6) is 0 Å². The predicted octanol–water partition coefficient (Wildman–Crippen LogP) is 8.61. The quantitative estimate of drug-likeness (QED) is 0.0780. The molecular formula is C46H51Cl2F2N5O6S3. The van der Waals surface area contributed by atoms with Crippen molar-refractivity contribution in [2.75, 3.05) is 68.4 Å². The number of benzene rings is 4. The second-order valence-corrected chi connectivity index (χ2v) is 22.6. The zero-order valence-electron chi connectivity index (χ0n) is 35.1. The lowest BCUT2D eigenvalue weighted by Gasteiger charge is -2.37. The summed E-state index contributed by atoms with van der Waals surface area (Å²) >= 11 is 12.8. The number of rotatable bonds is 17. The number of hydrogen-bond donors (Lipinski definition) is 2. The van der Waals surface area contributed by atoms with Gasteiger partial charge in [0, 0.05) is 84.8 Å². The Bertz CT molecular complexity index is 2540. The van der Waals surface area contributed by atoms with Gasteiger partial charge in [0.1, 0.15) is 0 Å². The molecule has 3 atom stereocenters. The van der Waals surface area contributed by atoms with E-state index in [1.165, 1.54) is 53.4 Å². The topological polar surface area (TPSA) is 128 Å². The van der Waals surface area contributed by atoms with E-state index in [1.807, 2.05) is 47.2 Å². The summed E-state index contributed by atoms with van der Waals surface area (Å²) in [5.41, 5.74) is 4.81. The van der Waals surface area contributed by atoms with Crippen LogP contribution in [0, 0.1) is 0 Å². The van der Waals surface area contributed by atoms with Gasteiger partial charge >= 0.3 is 4.71 Å². The summed E-state index contributed by atoms with van der Waals surface area (Å²) in [4.78, 5) is 19.6. The van der Waals surface area contributed by atoms with Gasteiger partial charge in [-0.3, -0.25) is 14.6 Å². The number of allylic oxidation sites excluding steroid dienone is 1. The zero-order valence-corrected chi connectivity index (χ0v) is 39.1. The lowest BCUT2D eigenvalue weighted by atomic mass is 9.87. The highest BCUT2D eigenvalue weighted by Gasteiger charge is 2.46. The van der Waals surface area contributed by atoms with Crippen molar-refractivity contribution in [3.05, 3.63) is 119 Å². The third-order valence-electron chi connectivity index (χ3n) is 12.5. The predicted molar refractivity (Wildman–Crippen MR) is 250 cm³/mol. The maximum atomic E-state index is 14.6. The molecule has 0 radical (unpaired) electrons. The Kier molecular flexibility index (Phi) is 14.6. The van der Waals surface area contributed by atoms with Crippen LogP contribution in [-0.4, -0.2) is 114 Å². The van der Waals surface area contributed by atoms with Gasteiger partial charge in [0.2, 0.25) is 0 Å². The summed E-state index contributed by atoms with van der Waals surface area (Å²) in [7, 11) is -10.4. The minimum Gasteiger partial charge on any atom is -0.380 e. The number of thioether (sulfide) groups is 1. The number of morpholine rings is 1. The third-order valence-corrected chi connectivity index (χ3v) is 17.4. The van der Waals surface area contributed by atoms with Crippen LogP contribution in [0.1, 0.15) is 54.4 Å². The minimum absolute atomic E-state index is 0.0416. The molecule has 0 saturated carbocycles. The van der Waals surface area contributed by atoms with Crippen LogP contribution >= 0.6 is 35.0 Å². The second kappa shape index (κ2) is 20.0. The van der Waals surface area contributed by atoms with E-state index in [-0.39, 0.29) is 23.4 Å².